The molecule has 0 radical (unpaired) electrons. The maximum absolute atomic E-state index is 12.9. The molecular weight excluding hydrogens is 581 g/mol. The number of rotatable bonds is 7. The van der Waals surface area contributed by atoms with E-state index in [4.69, 9.17) is 0 Å². The van der Waals surface area contributed by atoms with Crippen molar-refractivity contribution in [3.05, 3.63) is 83.7 Å². The first-order valence-corrected chi connectivity index (χ1v) is 14.3. The monoisotopic (exact) mass is 608 g/mol. The van der Waals surface area contributed by atoms with Gasteiger partial charge in [-0.1, -0.05) is 37.2 Å². The van der Waals surface area contributed by atoms with E-state index < -0.39 is 12.4 Å². The molecule has 43 heavy (non-hydrogen) atoms. The van der Waals surface area contributed by atoms with Crippen LogP contribution in [-0.2, 0) is 11.2 Å². The van der Waals surface area contributed by atoms with Crippen molar-refractivity contribution in [2.75, 3.05) is 16.0 Å². The number of nitrogens with zero attached hydrogens (tertiary/aromatic N) is 5. The summed E-state index contributed by atoms with van der Waals surface area (Å²) in [7, 11) is 0. The van der Waals surface area contributed by atoms with Crippen molar-refractivity contribution >= 4 is 40.2 Å². The van der Waals surface area contributed by atoms with Crippen LogP contribution in [-0.4, -0.2) is 44.0 Å². The number of amides is 3. The van der Waals surface area contributed by atoms with E-state index in [1.165, 1.54) is 51.9 Å². The number of carbonyl (C=O) groups excluding carboxylic acids is 2. The SMILES string of the molecule is CCCc1ccc(C)cc1N1C(=O)CS/C1=N\C(=O)Nc1ccc(-c2ncn(-c3ccc(OC(F)(F)F)cc3)n2)cc1C. The Morgan fingerprint density at radius 3 is 2.56 bits per heavy atom. The zero-order chi connectivity index (χ0) is 30.7. The van der Waals surface area contributed by atoms with Gasteiger partial charge in [-0.3, -0.25) is 9.69 Å². The van der Waals surface area contributed by atoms with Crippen molar-refractivity contribution in [2.45, 2.75) is 40.0 Å². The lowest BCUT2D eigenvalue weighted by molar-refractivity contribution is -0.274. The Labute approximate surface area is 249 Å². The van der Waals surface area contributed by atoms with Gasteiger partial charge < -0.3 is 10.1 Å². The van der Waals surface area contributed by atoms with E-state index in [1.807, 2.05) is 32.0 Å². The van der Waals surface area contributed by atoms with Gasteiger partial charge in [-0.05, 0) is 85.5 Å². The third kappa shape index (κ3) is 7.05. The van der Waals surface area contributed by atoms with Crippen LogP contribution in [0.5, 0.6) is 5.75 Å². The number of benzene rings is 3. The molecule has 1 aromatic heterocycles. The zero-order valence-corrected chi connectivity index (χ0v) is 24.3. The van der Waals surface area contributed by atoms with Gasteiger partial charge in [0.05, 0.1) is 17.1 Å². The second kappa shape index (κ2) is 12.3. The Kier molecular flexibility index (Phi) is 8.53. The molecule has 1 aliphatic rings. The number of nitrogens with one attached hydrogen (secondary N) is 1. The molecule has 9 nitrogen and oxygen atoms in total. The van der Waals surface area contributed by atoms with E-state index in [0.29, 0.717) is 27.9 Å². The lowest BCUT2D eigenvalue weighted by atomic mass is 10.0. The minimum absolute atomic E-state index is 0.127. The van der Waals surface area contributed by atoms with Crippen LogP contribution in [0.2, 0.25) is 0 Å². The second-order valence-electron chi connectivity index (χ2n) is 9.81. The number of urea groups is 1. The van der Waals surface area contributed by atoms with Crippen LogP contribution in [0, 0.1) is 13.8 Å². The molecule has 0 spiro atoms. The summed E-state index contributed by atoms with van der Waals surface area (Å²) < 4.78 is 42.6. The van der Waals surface area contributed by atoms with Crippen molar-refractivity contribution in [3.63, 3.8) is 0 Å². The molecule has 0 unspecified atom stereocenters. The van der Waals surface area contributed by atoms with Crippen LogP contribution < -0.4 is 15.0 Å². The molecule has 222 valence electrons. The summed E-state index contributed by atoms with van der Waals surface area (Å²) in [5, 5.41) is 7.54. The summed E-state index contributed by atoms with van der Waals surface area (Å²) in [6.07, 6.45) is -1.61. The number of thioether (sulfide) groups is 1. The number of aliphatic imine (C=N–C) groups is 1. The minimum atomic E-state index is -4.77. The molecule has 2 heterocycles. The predicted molar refractivity (Wildman–Crippen MR) is 160 cm³/mol. The molecule has 3 aromatic carbocycles. The molecule has 1 N–H and O–H groups in total. The van der Waals surface area contributed by atoms with Crippen molar-refractivity contribution in [1.29, 1.82) is 0 Å². The molecule has 1 aliphatic heterocycles. The lowest BCUT2D eigenvalue weighted by Gasteiger charge is -2.20. The van der Waals surface area contributed by atoms with Gasteiger partial charge in [0.25, 0.3) is 0 Å². The number of amidine groups is 1. The fraction of sp³-hybridized carbons (Fsp3) is 0.233. The Bertz CT molecular complexity index is 1700. The van der Waals surface area contributed by atoms with E-state index in [1.54, 1.807) is 18.2 Å². The lowest BCUT2D eigenvalue weighted by Crippen LogP contribution is -2.31. The van der Waals surface area contributed by atoms with Crippen molar-refractivity contribution < 1.29 is 27.5 Å². The number of halogens is 3. The zero-order valence-electron chi connectivity index (χ0n) is 23.5. The number of alkyl halides is 3. The smallest absolute Gasteiger partial charge is 0.406 e. The molecule has 0 saturated carbocycles. The first kappa shape index (κ1) is 29.8. The maximum atomic E-state index is 12.9. The van der Waals surface area contributed by atoms with Crippen LogP contribution in [0.3, 0.4) is 0 Å². The number of anilines is 2. The highest BCUT2D eigenvalue weighted by molar-refractivity contribution is 8.15. The summed E-state index contributed by atoms with van der Waals surface area (Å²) in [5.41, 5.74) is 5.20. The van der Waals surface area contributed by atoms with E-state index >= 15 is 0 Å². The van der Waals surface area contributed by atoms with Crippen LogP contribution in [0.4, 0.5) is 29.3 Å². The Hall–Kier alpha value is -4.65. The molecule has 0 aliphatic carbocycles. The number of hydrogen-bond acceptors (Lipinski definition) is 6. The standard InChI is InChI=1S/C30H27F3N6O3S/c1-4-5-20-7-6-18(2)14-25(20)39-26(40)16-43-29(39)36-28(41)35-24-13-8-21(15-19(24)3)27-34-17-38(37-27)22-9-11-23(12-10-22)42-30(31,32)33/h6-15,17H,4-5,16H2,1-3H3,(H,35,41)/b36-29-. The molecule has 5 rings (SSSR count). The van der Waals surface area contributed by atoms with Gasteiger partial charge in [0.15, 0.2) is 11.0 Å². The van der Waals surface area contributed by atoms with Gasteiger partial charge in [0, 0.05) is 11.3 Å². The van der Waals surface area contributed by atoms with Crippen molar-refractivity contribution in [2.24, 2.45) is 4.99 Å². The quantitative estimate of drug-likeness (QED) is 0.241. The molecule has 4 aromatic rings. The molecule has 1 fully saturated rings. The second-order valence-corrected chi connectivity index (χ2v) is 10.8. The largest absolute Gasteiger partial charge is 0.573 e. The molecule has 13 heteroatoms. The number of hydrogen-bond donors (Lipinski definition) is 1. The van der Waals surface area contributed by atoms with E-state index in [9.17, 15) is 22.8 Å². The van der Waals surface area contributed by atoms with Gasteiger partial charge in [-0.2, -0.15) is 4.99 Å². The van der Waals surface area contributed by atoms with Crippen LogP contribution in [0.25, 0.3) is 17.1 Å². The van der Waals surface area contributed by atoms with Crippen molar-refractivity contribution in [3.8, 4) is 22.8 Å². The van der Waals surface area contributed by atoms with Gasteiger partial charge in [-0.25, -0.2) is 14.5 Å². The van der Waals surface area contributed by atoms with Gasteiger partial charge in [0.2, 0.25) is 5.91 Å². The summed E-state index contributed by atoms with van der Waals surface area (Å²) in [5.74, 6) is 0.119. The summed E-state index contributed by atoms with van der Waals surface area (Å²) >= 11 is 1.22. The van der Waals surface area contributed by atoms with E-state index in [-0.39, 0.29) is 17.4 Å². The first-order chi connectivity index (χ1) is 20.5. The molecule has 1 saturated heterocycles. The van der Waals surface area contributed by atoms with Gasteiger partial charge in [0.1, 0.15) is 12.1 Å². The third-order valence-corrected chi connectivity index (χ3v) is 7.44. The Morgan fingerprint density at radius 1 is 1.09 bits per heavy atom. The Balaban J connectivity index is 1.30. The first-order valence-electron chi connectivity index (χ1n) is 13.3. The third-order valence-electron chi connectivity index (χ3n) is 6.52. The van der Waals surface area contributed by atoms with E-state index in [2.05, 4.69) is 32.1 Å². The normalized spacial score (nSPS) is 14.4. The van der Waals surface area contributed by atoms with Crippen LogP contribution in [0.1, 0.15) is 30.0 Å². The number of aryl methyl sites for hydroxylation is 3. The number of carbonyl (C=O) groups is 2. The van der Waals surface area contributed by atoms with Gasteiger partial charge in [-0.15, -0.1) is 18.3 Å². The Morgan fingerprint density at radius 2 is 1.86 bits per heavy atom. The molecular formula is C30H27F3N6O3S. The summed E-state index contributed by atoms with van der Waals surface area (Å²) in [6.45, 7) is 5.84. The van der Waals surface area contributed by atoms with Crippen LogP contribution in [0.15, 0.2) is 72.0 Å². The minimum Gasteiger partial charge on any atom is -0.406 e. The topological polar surface area (TPSA) is 102 Å². The average Bonchev–Trinajstić information content (AvgIpc) is 3.58. The van der Waals surface area contributed by atoms with E-state index in [0.717, 1.165) is 35.2 Å². The predicted octanol–water partition coefficient (Wildman–Crippen LogP) is 7.07. The molecule has 0 bridgehead atoms. The average molecular weight is 609 g/mol. The molecule has 0 atom stereocenters. The fourth-order valence-electron chi connectivity index (χ4n) is 4.54. The fourth-order valence-corrected chi connectivity index (χ4v) is 5.40. The van der Waals surface area contributed by atoms with Crippen LogP contribution >= 0.6 is 11.8 Å². The maximum Gasteiger partial charge on any atom is 0.573 e. The van der Waals surface area contributed by atoms with Gasteiger partial charge >= 0.3 is 12.4 Å². The summed E-state index contributed by atoms with van der Waals surface area (Å²) in [6, 6.07) is 15.8. The number of ether oxygens (including phenoxy) is 1. The highest BCUT2D eigenvalue weighted by Crippen LogP contribution is 2.32. The number of aromatic nitrogens is 3. The highest BCUT2D eigenvalue weighted by Gasteiger charge is 2.32. The molecule has 3 amide bonds. The highest BCUT2D eigenvalue weighted by atomic mass is 32.2. The summed E-state index contributed by atoms with van der Waals surface area (Å²) in [4.78, 5) is 35.8. The van der Waals surface area contributed by atoms with Crippen molar-refractivity contribution in [1.82, 2.24) is 14.8 Å².